The Morgan fingerprint density at radius 3 is 2.18 bits per heavy atom. The molecular weight excluding hydrogens is 459 g/mol. The maximum Gasteiger partial charge on any atom is 0.261 e. The minimum atomic E-state index is -0.678. The zero-order valence-corrected chi connectivity index (χ0v) is 21.5. The van der Waals surface area contributed by atoms with Crippen molar-refractivity contribution in [3.8, 4) is 5.75 Å². The number of amides is 2. The third-order valence-corrected chi connectivity index (χ3v) is 6.38. The van der Waals surface area contributed by atoms with Gasteiger partial charge in [0, 0.05) is 28.2 Å². The lowest BCUT2D eigenvalue weighted by Gasteiger charge is -2.32. The first-order valence-corrected chi connectivity index (χ1v) is 12.2. The van der Waals surface area contributed by atoms with Crippen LogP contribution in [0.3, 0.4) is 0 Å². The van der Waals surface area contributed by atoms with E-state index in [-0.39, 0.29) is 36.9 Å². The van der Waals surface area contributed by atoms with Crippen molar-refractivity contribution in [1.29, 1.82) is 0 Å². The zero-order valence-electron chi connectivity index (χ0n) is 20.0. The largest absolute Gasteiger partial charge is 0.483 e. The summed E-state index contributed by atoms with van der Waals surface area (Å²) < 4.78 is 5.93. The topological polar surface area (TPSA) is 58.6 Å². The third kappa shape index (κ3) is 7.38. The van der Waals surface area contributed by atoms with Crippen LogP contribution >= 0.6 is 23.2 Å². The van der Waals surface area contributed by atoms with E-state index in [1.165, 1.54) is 4.90 Å². The number of halogens is 2. The minimum Gasteiger partial charge on any atom is -0.483 e. The molecule has 0 spiro atoms. The Morgan fingerprint density at radius 2 is 1.61 bits per heavy atom. The normalized spacial score (nSPS) is 12.8. The van der Waals surface area contributed by atoms with Crippen molar-refractivity contribution in [3.05, 3.63) is 63.6 Å². The minimum absolute atomic E-state index is 0.00146. The molecule has 0 aliphatic carbocycles. The van der Waals surface area contributed by atoms with Crippen LogP contribution in [-0.2, 0) is 16.1 Å². The van der Waals surface area contributed by atoms with Crippen LogP contribution in [0, 0.1) is 0 Å². The Bertz CT molecular complexity index is 929. The van der Waals surface area contributed by atoms with Crippen LogP contribution in [0.4, 0.5) is 0 Å². The fourth-order valence-electron chi connectivity index (χ4n) is 3.53. The summed E-state index contributed by atoms with van der Waals surface area (Å²) >= 11 is 12.8. The number of nitrogens with one attached hydrogen (secondary N) is 1. The average Bonchev–Trinajstić information content (AvgIpc) is 2.79. The van der Waals surface area contributed by atoms with Crippen molar-refractivity contribution in [2.24, 2.45) is 0 Å². The predicted molar refractivity (Wildman–Crippen MR) is 135 cm³/mol. The molecule has 0 saturated heterocycles. The van der Waals surface area contributed by atoms with E-state index in [0.717, 1.165) is 12.0 Å². The summed E-state index contributed by atoms with van der Waals surface area (Å²) in [5.41, 5.74) is 1.62. The molecule has 0 aromatic heterocycles. The summed E-state index contributed by atoms with van der Waals surface area (Å²) in [5, 5.41) is 3.88. The molecule has 2 aromatic carbocycles. The van der Waals surface area contributed by atoms with Gasteiger partial charge in [-0.1, -0.05) is 75.2 Å². The quantitative estimate of drug-likeness (QED) is 0.405. The lowest BCUT2D eigenvalue weighted by molar-refractivity contribution is -0.143. The summed E-state index contributed by atoms with van der Waals surface area (Å²) in [6.45, 7) is 9.87. The van der Waals surface area contributed by atoms with Gasteiger partial charge in [-0.05, 0) is 49.4 Å². The molecule has 1 N–H and O–H groups in total. The Kier molecular flexibility index (Phi) is 10.5. The van der Waals surface area contributed by atoms with Crippen molar-refractivity contribution in [2.75, 3.05) is 6.61 Å². The fourth-order valence-corrected chi connectivity index (χ4v) is 4.04. The molecule has 0 fully saturated rings. The Hall–Kier alpha value is -2.24. The highest BCUT2D eigenvalue weighted by atomic mass is 35.5. The van der Waals surface area contributed by atoms with Crippen molar-refractivity contribution in [3.63, 3.8) is 0 Å². The molecule has 0 heterocycles. The summed E-state index contributed by atoms with van der Waals surface area (Å²) in [6, 6.07) is 12.2. The van der Waals surface area contributed by atoms with E-state index < -0.39 is 6.04 Å². The molecule has 2 atom stereocenters. The maximum atomic E-state index is 13.4. The molecule has 0 radical (unpaired) electrons. The molecule has 0 aliphatic heterocycles. The van der Waals surface area contributed by atoms with Crippen molar-refractivity contribution in [2.45, 2.75) is 72.0 Å². The molecule has 0 unspecified atom stereocenters. The van der Waals surface area contributed by atoms with Crippen LogP contribution in [0.5, 0.6) is 5.75 Å². The van der Waals surface area contributed by atoms with Crippen molar-refractivity contribution >= 4 is 35.0 Å². The van der Waals surface area contributed by atoms with Crippen LogP contribution in [-0.4, -0.2) is 35.4 Å². The average molecular weight is 493 g/mol. The molecule has 2 aromatic rings. The third-order valence-electron chi connectivity index (χ3n) is 5.67. The van der Waals surface area contributed by atoms with Gasteiger partial charge in [-0.15, -0.1) is 0 Å². The van der Waals surface area contributed by atoms with Crippen LogP contribution in [0.25, 0.3) is 0 Å². The number of benzene rings is 2. The van der Waals surface area contributed by atoms with Gasteiger partial charge in [0.1, 0.15) is 11.8 Å². The number of ether oxygens (including phenoxy) is 1. The first kappa shape index (κ1) is 27.0. The van der Waals surface area contributed by atoms with E-state index in [1.54, 1.807) is 18.2 Å². The number of nitrogens with zero attached hydrogens (tertiary/aromatic N) is 1. The van der Waals surface area contributed by atoms with Gasteiger partial charge in [0.15, 0.2) is 6.61 Å². The highest BCUT2D eigenvalue weighted by molar-refractivity contribution is 6.36. The lowest BCUT2D eigenvalue weighted by Crippen LogP contribution is -2.51. The first-order valence-electron chi connectivity index (χ1n) is 11.4. The van der Waals surface area contributed by atoms with Crippen LogP contribution in [0.1, 0.15) is 64.5 Å². The highest BCUT2D eigenvalue weighted by Crippen LogP contribution is 2.28. The molecular formula is C26H34Cl2N2O3. The molecule has 180 valence electrons. The standard InChI is InChI=1S/C26H34Cl2N2O3/c1-6-18(5)29-26(32)23(7-2)30(15-20-21(27)12-10-13-22(20)28)25(31)16-33-24-14-9-8-11-19(24)17(3)4/h8-14,17-18,23H,6-7,15-16H2,1-5H3,(H,29,32)/t18-,23-/m0/s1. The van der Waals surface area contributed by atoms with Crippen LogP contribution in [0.15, 0.2) is 42.5 Å². The van der Waals surface area contributed by atoms with E-state index in [2.05, 4.69) is 19.2 Å². The number of hydrogen-bond donors (Lipinski definition) is 1. The monoisotopic (exact) mass is 492 g/mol. The predicted octanol–water partition coefficient (Wildman–Crippen LogP) is 6.22. The lowest BCUT2D eigenvalue weighted by atomic mass is 10.0. The Morgan fingerprint density at radius 1 is 0.970 bits per heavy atom. The van der Waals surface area contributed by atoms with Crippen LogP contribution in [0.2, 0.25) is 10.0 Å². The molecule has 33 heavy (non-hydrogen) atoms. The first-order chi connectivity index (χ1) is 15.7. The van der Waals surface area contributed by atoms with Gasteiger partial charge in [0.05, 0.1) is 0 Å². The molecule has 0 saturated carbocycles. The SMILES string of the molecule is CC[C@H](C)NC(=O)[C@H](CC)N(Cc1c(Cl)cccc1Cl)C(=O)COc1ccccc1C(C)C. The molecule has 7 heteroatoms. The van der Waals surface area contributed by atoms with Gasteiger partial charge in [-0.2, -0.15) is 0 Å². The van der Waals surface area contributed by atoms with Crippen molar-refractivity contribution in [1.82, 2.24) is 10.2 Å². The van der Waals surface area contributed by atoms with Gasteiger partial charge in [0.2, 0.25) is 5.91 Å². The fraction of sp³-hybridized carbons (Fsp3) is 0.462. The van der Waals surface area contributed by atoms with Crippen LogP contribution < -0.4 is 10.1 Å². The van der Waals surface area contributed by atoms with Gasteiger partial charge < -0.3 is 15.0 Å². The maximum absolute atomic E-state index is 13.4. The van der Waals surface area contributed by atoms with Gasteiger partial charge in [-0.25, -0.2) is 0 Å². The number of carbonyl (C=O) groups is 2. The number of para-hydroxylation sites is 1. The van der Waals surface area contributed by atoms with Gasteiger partial charge >= 0.3 is 0 Å². The number of carbonyl (C=O) groups excluding carboxylic acids is 2. The van der Waals surface area contributed by atoms with E-state index >= 15 is 0 Å². The molecule has 0 aliphatic rings. The number of hydrogen-bond acceptors (Lipinski definition) is 3. The Balaban J connectivity index is 2.32. The zero-order chi connectivity index (χ0) is 24.5. The highest BCUT2D eigenvalue weighted by Gasteiger charge is 2.30. The summed E-state index contributed by atoms with van der Waals surface area (Å²) in [7, 11) is 0. The number of rotatable bonds is 11. The molecule has 2 amide bonds. The smallest absolute Gasteiger partial charge is 0.261 e. The van der Waals surface area contributed by atoms with E-state index in [4.69, 9.17) is 27.9 Å². The van der Waals surface area contributed by atoms with Gasteiger partial charge in [0.25, 0.3) is 5.91 Å². The summed E-state index contributed by atoms with van der Waals surface area (Å²) in [4.78, 5) is 28.0. The van der Waals surface area contributed by atoms with E-state index in [9.17, 15) is 9.59 Å². The Labute approximate surface area is 207 Å². The second kappa shape index (κ2) is 12.9. The molecule has 2 rings (SSSR count). The van der Waals surface area contributed by atoms with Crippen molar-refractivity contribution < 1.29 is 14.3 Å². The second-order valence-corrected chi connectivity index (χ2v) is 9.26. The summed E-state index contributed by atoms with van der Waals surface area (Å²) in [5.74, 6) is 0.398. The second-order valence-electron chi connectivity index (χ2n) is 8.44. The molecule has 0 bridgehead atoms. The van der Waals surface area contributed by atoms with E-state index in [1.807, 2.05) is 45.0 Å². The summed E-state index contributed by atoms with van der Waals surface area (Å²) in [6.07, 6.45) is 1.24. The molecule has 5 nitrogen and oxygen atoms in total. The van der Waals surface area contributed by atoms with E-state index in [0.29, 0.717) is 27.8 Å². The van der Waals surface area contributed by atoms with Gasteiger partial charge in [-0.3, -0.25) is 9.59 Å².